The second-order valence-corrected chi connectivity index (χ2v) is 3.70. The maximum Gasteiger partial charge on any atom is 0.336 e. The van der Waals surface area contributed by atoms with Crippen molar-refractivity contribution in [1.82, 2.24) is 4.98 Å². The summed E-state index contributed by atoms with van der Waals surface area (Å²) in [6, 6.07) is 0. The van der Waals surface area contributed by atoms with Crippen LogP contribution in [0.5, 0.6) is 0 Å². The Kier molecular flexibility index (Phi) is 2.69. The number of hydrogen-bond donors (Lipinski definition) is 1. The summed E-state index contributed by atoms with van der Waals surface area (Å²) in [5.74, 6) is 0. The van der Waals surface area contributed by atoms with Gasteiger partial charge in [0.1, 0.15) is 0 Å². The number of pyridine rings is 1. The molecule has 0 bridgehead atoms. The molecule has 1 heterocycles. The van der Waals surface area contributed by atoms with E-state index in [2.05, 4.69) is 4.98 Å². The van der Waals surface area contributed by atoms with Crippen molar-refractivity contribution in [3.8, 4) is 0 Å². The van der Waals surface area contributed by atoms with Gasteiger partial charge in [-0.2, -0.15) is 0 Å². The monoisotopic (exact) mass is 294 g/mol. The summed E-state index contributed by atoms with van der Waals surface area (Å²) in [7, 11) is 0. The molecule has 6 heteroatoms. The predicted molar refractivity (Wildman–Crippen MR) is 55.9 cm³/mol. The van der Waals surface area contributed by atoms with E-state index < -0.39 is 10.4 Å². The number of halogens is 1. The molecule has 5 nitrogen and oxygen atoms in total. The van der Waals surface area contributed by atoms with Crippen LogP contribution in [-0.4, -0.2) is 9.91 Å². The molecule has 0 radical (unpaired) electrons. The van der Waals surface area contributed by atoms with Crippen molar-refractivity contribution >= 4 is 28.3 Å². The molecule has 1 rings (SSSR count). The minimum atomic E-state index is -0.657. The Morgan fingerprint density at radius 1 is 1.38 bits per heavy atom. The zero-order valence-electron chi connectivity index (χ0n) is 7.05. The Labute approximate surface area is 87.5 Å². The van der Waals surface area contributed by atoms with Gasteiger partial charge in [0.2, 0.25) is 0 Å². The van der Waals surface area contributed by atoms with Gasteiger partial charge in [0, 0.05) is 5.69 Å². The molecule has 0 aliphatic heterocycles. The third-order valence-corrected chi connectivity index (χ3v) is 2.96. The second kappa shape index (κ2) is 3.44. The largest absolute Gasteiger partial charge is 0.356 e. The van der Waals surface area contributed by atoms with Gasteiger partial charge in [0.15, 0.2) is 0 Å². The number of nitrogens with zero attached hydrogens (tertiary/aromatic N) is 1. The van der Waals surface area contributed by atoms with E-state index in [1.54, 1.807) is 29.5 Å². The highest BCUT2D eigenvalue weighted by atomic mass is 127. The molecule has 0 aromatic carbocycles. The summed E-state index contributed by atoms with van der Waals surface area (Å²) in [4.78, 5) is 24.0. The topological polar surface area (TPSA) is 76.0 Å². The molecule has 70 valence electrons. The quantitative estimate of drug-likeness (QED) is 0.484. The maximum atomic E-state index is 11.4. The van der Waals surface area contributed by atoms with Gasteiger partial charge in [0.05, 0.1) is 14.2 Å². The lowest BCUT2D eigenvalue weighted by atomic mass is 10.3. The maximum absolute atomic E-state index is 11.4. The molecule has 0 aliphatic rings. The molecule has 0 unspecified atom stereocenters. The van der Waals surface area contributed by atoms with Crippen molar-refractivity contribution in [2.75, 3.05) is 0 Å². The van der Waals surface area contributed by atoms with Gasteiger partial charge in [-0.3, -0.25) is 14.9 Å². The van der Waals surface area contributed by atoms with Crippen molar-refractivity contribution in [2.45, 2.75) is 13.8 Å². The molecular weight excluding hydrogens is 287 g/mol. The summed E-state index contributed by atoms with van der Waals surface area (Å²) >= 11 is 1.80. The molecule has 0 aliphatic carbocycles. The molecule has 1 aromatic heterocycles. The number of hydrogen-bond acceptors (Lipinski definition) is 3. The molecule has 0 spiro atoms. The highest BCUT2D eigenvalue weighted by Crippen LogP contribution is 2.14. The number of H-pyrrole nitrogens is 1. The van der Waals surface area contributed by atoms with E-state index in [-0.39, 0.29) is 5.69 Å². The molecule has 1 aromatic rings. The minimum absolute atomic E-state index is 0.299. The number of aromatic nitrogens is 1. The fraction of sp³-hybridized carbons (Fsp3) is 0.286. The van der Waals surface area contributed by atoms with Crippen LogP contribution in [0.1, 0.15) is 11.4 Å². The predicted octanol–water partition coefficient (Wildman–Crippen LogP) is 1.50. The third-order valence-electron chi connectivity index (χ3n) is 1.66. The van der Waals surface area contributed by atoms with Crippen LogP contribution in [0.2, 0.25) is 0 Å². The van der Waals surface area contributed by atoms with Gasteiger partial charge in [-0.05, 0) is 36.4 Å². The number of aromatic amines is 1. The van der Waals surface area contributed by atoms with E-state index in [9.17, 15) is 14.9 Å². The fourth-order valence-electron chi connectivity index (χ4n) is 1.06. The Hall–Kier alpha value is -0.920. The van der Waals surface area contributed by atoms with Gasteiger partial charge < -0.3 is 4.98 Å². The summed E-state index contributed by atoms with van der Waals surface area (Å²) in [5.41, 5.74) is 0.0796. The first-order valence-electron chi connectivity index (χ1n) is 3.48. The van der Waals surface area contributed by atoms with E-state index in [0.29, 0.717) is 15.0 Å². The summed E-state index contributed by atoms with van der Waals surface area (Å²) in [6.07, 6.45) is 0. The van der Waals surface area contributed by atoms with Crippen molar-refractivity contribution < 1.29 is 4.92 Å². The van der Waals surface area contributed by atoms with Gasteiger partial charge in [-0.15, -0.1) is 0 Å². The lowest BCUT2D eigenvalue weighted by molar-refractivity contribution is -0.387. The van der Waals surface area contributed by atoms with E-state index in [1.165, 1.54) is 6.92 Å². The van der Waals surface area contributed by atoms with Gasteiger partial charge in [-0.25, -0.2) is 0 Å². The van der Waals surface area contributed by atoms with E-state index >= 15 is 0 Å². The lowest BCUT2D eigenvalue weighted by Crippen LogP contribution is -2.16. The molecule has 0 saturated heterocycles. The normalized spacial score (nSPS) is 10.1. The summed E-state index contributed by atoms with van der Waals surface area (Å²) in [5, 5.41) is 10.5. The Balaban J connectivity index is 3.63. The van der Waals surface area contributed by atoms with Crippen LogP contribution < -0.4 is 5.43 Å². The smallest absolute Gasteiger partial charge is 0.336 e. The van der Waals surface area contributed by atoms with Crippen LogP contribution in [0.4, 0.5) is 5.69 Å². The molecule has 13 heavy (non-hydrogen) atoms. The van der Waals surface area contributed by atoms with Crippen molar-refractivity contribution in [2.24, 2.45) is 0 Å². The van der Waals surface area contributed by atoms with Crippen molar-refractivity contribution in [3.05, 3.63) is 35.3 Å². The summed E-state index contributed by atoms with van der Waals surface area (Å²) < 4.78 is 0.370. The molecule has 0 amide bonds. The van der Waals surface area contributed by atoms with Crippen LogP contribution in [-0.2, 0) is 0 Å². The SMILES string of the molecule is Cc1[nH]c(C)c([N+](=O)[O-])c(=O)c1I. The van der Waals surface area contributed by atoms with Gasteiger partial charge >= 0.3 is 5.69 Å². The van der Waals surface area contributed by atoms with Gasteiger partial charge in [0.25, 0.3) is 5.43 Å². The standard InChI is InChI=1S/C7H7IN2O3/c1-3-5(8)7(11)6(10(12)13)4(2)9-3/h1-2H3,(H,9,11). The Morgan fingerprint density at radius 2 is 1.92 bits per heavy atom. The average molecular weight is 294 g/mol. The first-order chi connectivity index (χ1) is 5.95. The molecule has 0 saturated carbocycles. The highest BCUT2D eigenvalue weighted by molar-refractivity contribution is 14.1. The third kappa shape index (κ3) is 1.71. The average Bonchev–Trinajstić information content (AvgIpc) is 1.99. The molecular formula is C7H7IN2O3. The van der Waals surface area contributed by atoms with Crippen LogP contribution in [0, 0.1) is 27.5 Å². The first kappa shape index (κ1) is 10.2. The van der Waals surface area contributed by atoms with Crippen LogP contribution in [0.25, 0.3) is 0 Å². The van der Waals surface area contributed by atoms with Gasteiger partial charge in [-0.1, -0.05) is 0 Å². The Morgan fingerprint density at radius 3 is 2.38 bits per heavy atom. The number of rotatable bonds is 1. The lowest BCUT2D eigenvalue weighted by Gasteiger charge is -2.00. The van der Waals surface area contributed by atoms with E-state index in [4.69, 9.17) is 0 Å². The number of aryl methyl sites for hydroxylation is 2. The molecule has 0 atom stereocenters. The molecule has 0 fully saturated rings. The highest BCUT2D eigenvalue weighted by Gasteiger charge is 2.19. The van der Waals surface area contributed by atoms with Crippen molar-refractivity contribution in [1.29, 1.82) is 0 Å². The van der Waals surface area contributed by atoms with E-state index in [0.717, 1.165) is 0 Å². The summed E-state index contributed by atoms with van der Waals surface area (Å²) in [6.45, 7) is 3.22. The molecule has 1 N–H and O–H groups in total. The number of nitrogens with one attached hydrogen (secondary N) is 1. The Bertz CT molecular complexity index is 424. The minimum Gasteiger partial charge on any atom is -0.356 e. The zero-order valence-corrected chi connectivity index (χ0v) is 9.21. The first-order valence-corrected chi connectivity index (χ1v) is 4.56. The van der Waals surface area contributed by atoms with Crippen LogP contribution >= 0.6 is 22.6 Å². The van der Waals surface area contributed by atoms with Crippen molar-refractivity contribution in [3.63, 3.8) is 0 Å². The number of nitro groups is 1. The second-order valence-electron chi connectivity index (χ2n) is 2.62. The van der Waals surface area contributed by atoms with Crippen LogP contribution in [0.15, 0.2) is 4.79 Å². The van der Waals surface area contributed by atoms with Crippen LogP contribution in [0.3, 0.4) is 0 Å². The fourth-order valence-corrected chi connectivity index (χ4v) is 1.45. The zero-order chi connectivity index (χ0) is 10.2. The van der Waals surface area contributed by atoms with E-state index in [1.807, 2.05) is 0 Å².